The molecule has 0 amide bonds. The molecule has 0 aliphatic carbocycles. The number of benzene rings is 1. The van der Waals surface area contributed by atoms with Crippen molar-refractivity contribution in [3.63, 3.8) is 0 Å². The standard InChI is InChI=1S/C13H17N3O2/c1-13(15,7-17)8-18-12-4-5-16-11-3-2-9(14)6-10(11)12/h2-6,17H,7-8,14-15H2,1H3. The summed E-state index contributed by atoms with van der Waals surface area (Å²) in [5.41, 5.74) is 12.3. The summed E-state index contributed by atoms with van der Waals surface area (Å²) in [6, 6.07) is 7.20. The summed E-state index contributed by atoms with van der Waals surface area (Å²) in [4.78, 5) is 4.23. The number of aliphatic hydroxyl groups is 1. The fourth-order valence-electron chi connectivity index (χ4n) is 1.55. The maximum atomic E-state index is 9.09. The summed E-state index contributed by atoms with van der Waals surface area (Å²) in [6.45, 7) is 1.81. The molecule has 0 saturated heterocycles. The Labute approximate surface area is 105 Å². The molecule has 5 heteroatoms. The minimum Gasteiger partial charge on any atom is -0.491 e. The van der Waals surface area contributed by atoms with E-state index in [1.807, 2.05) is 12.1 Å². The highest BCUT2D eigenvalue weighted by Crippen LogP contribution is 2.26. The number of hydrogen-bond acceptors (Lipinski definition) is 5. The van der Waals surface area contributed by atoms with Crippen molar-refractivity contribution in [2.45, 2.75) is 12.5 Å². The number of nitrogens with zero attached hydrogens (tertiary/aromatic N) is 1. The Morgan fingerprint density at radius 1 is 1.39 bits per heavy atom. The number of nitrogens with two attached hydrogens (primary N) is 2. The van der Waals surface area contributed by atoms with E-state index in [0.717, 1.165) is 10.9 Å². The van der Waals surface area contributed by atoms with E-state index in [9.17, 15) is 0 Å². The summed E-state index contributed by atoms with van der Waals surface area (Å²) in [6.07, 6.45) is 1.67. The number of rotatable bonds is 4. The first-order chi connectivity index (χ1) is 8.52. The van der Waals surface area contributed by atoms with Crippen molar-refractivity contribution in [2.24, 2.45) is 5.73 Å². The second-order valence-corrected chi connectivity index (χ2v) is 4.69. The molecule has 2 rings (SSSR count). The molecule has 1 aromatic heterocycles. The predicted molar refractivity (Wildman–Crippen MR) is 71.3 cm³/mol. The topological polar surface area (TPSA) is 94.4 Å². The van der Waals surface area contributed by atoms with Gasteiger partial charge < -0.3 is 21.3 Å². The van der Waals surface area contributed by atoms with Gasteiger partial charge in [-0.25, -0.2) is 0 Å². The van der Waals surface area contributed by atoms with Gasteiger partial charge in [-0.1, -0.05) is 0 Å². The van der Waals surface area contributed by atoms with Crippen LogP contribution in [0.25, 0.3) is 10.9 Å². The first-order valence-electron chi connectivity index (χ1n) is 5.69. The van der Waals surface area contributed by atoms with Crippen LogP contribution in [0.1, 0.15) is 6.92 Å². The summed E-state index contributed by atoms with van der Waals surface area (Å²) in [5, 5.41) is 9.93. The van der Waals surface area contributed by atoms with Gasteiger partial charge in [-0.3, -0.25) is 4.98 Å². The second kappa shape index (κ2) is 4.80. The molecular weight excluding hydrogens is 230 g/mol. The first-order valence-corrected chi connectivity index (χ1v) is 5.69. The van der Waals surface area contributed by atoms with E-state index < -0.39 is 5.54 Å². The Hall–Kier alpha value is -1.85. The number of fused-ring (bicyclic) bond motifs is 1. The molecule has 1 aromatic carbocycles. The minimum atomic E-state index is -0.768. The minimum absolute atomic E-state index is 0.141. The third-order valence-corrected chi connectivity index (χ3v) is 2.64. The van der Waals surface area contributed by atoms with Crippen LogP contribution in [0.4, 0.5) is 5.69 Å². The summed E-state index contributed by atoms with van der Waals surface area (Å²) < 4.78 is 5.65. The molecule has 1 unspecified atom stereocenters. The normalized spacial score (nSPS) is 14.4. The van der Waals surface area contributed by atoms with Gasteiger partial charge in [0.1, 0.15) is 12.4 Å². The van der Waals surface area contributed by atoms with E-state index in [1.54, 1.807) is 25.3 Å². The molecule has 1 atom stereocenters. The van der Waals surface area contributed by atoms with E-state index in [1.165, 1.54) is 0 Å². The second-order valence-electron chi connectivity index (χ2n) is 4.69. The smallest absolute Gasteiger partial charge is 0.130 e. The number of pyridine rings is 1. The van der Waals surface area contributed by atoms with E-state index >= 15 is 0 Å². The van der Waals surface area contributed by atoms with E-state index in [4.69, 9.17) is 21.3 Å². The molecule has 0 bridgehead atoms. The first kappa shape index (κ1) is 12.6. The van der Waals surface area contributed by atoms with Crippen molar-refractivity contribution in [3.05, 3.63) is 30.5 Å². The molecule has 0 aliphatic heterocycles. The SMILES string of the molecule is CC(N)(CO)COc1ccnc2ccc(N)cc12. The fourth-order valence-corrected chi connectivity index (χ4v) is 1.55. The number of nitrogen functional groups attached to an aromatic ring is 1. The van der Waals surface area contributed by atoms with Crippen LogP contribution < -0.4 is 16.2 Å². The lowest BCUT2D eigenvalue weighted by molar-refractivity contribution is 0.147. The maximum absolute atomic E-state index is 9.09. The summed E-state index contributed by atoms with van der Waals surface area (Å²) >= 11 is 0. The number of ether oxygens (including phenoxy) is 1. The number of aromatic nitrogens is 1. The molecule has 0 aliphatic rings. The van der Waals surface area contributed by atoms with Crippen LogP contribution in [0.15, 0.2) is 30.5 Å². The zero-order valence-corrected chi connectivity index (χ0v) is 10.3. The van der Waals surface area contributed by atoms with E-state index in [-0.39, 0.29) is 13.2 Å². The highest BCUT2D eigenvalue weighted by atomic mass is 16.5. The van der Waals surface area contributed by atoms with Crippen LogP contribution in [0.3, 0.4) is 0 Å². The Morgan fingerprint density at radius 3 is 2.89 bits per heavy atom. The lowest BCUT2D eigenvalue weighted by atomic mass is 10.1. The lowest BCUT2D eigenvalue weighted by Crippen LogP contribution is -2.45. The van der Waals surface area contributed by atoms with Gasteiger partial charge in [-0.05, 0) is 31.2 Å². The van der Waals surface area contributed by atoms with Gasteiger partial charge in [0.2, 0.25) is 0 Å². The molecule has 0 radical (unpaired) electrons. The van der Waals surface area contributed by atoms with Gasteiger partial charge in [0.05, 0.1) is 17.7 Å². The van der Waals surface area contributed by atoms with Crippen LogP contribution in [0.5, 0.6) is 5.75 Å². The highest BCUT2D eigenvalue weighted by Gasteiger charge is 2.18. The molecule has 5 nitrogen and oxygen atoms in total. The van der Waals surface area contributed by atoms with Crippen LogP contribution in [-0.2, 0) is 0 Å². The van der Waals surface area contributed by atoms with Crippen molar-refractivity contribution in [1.82, 2.24) is 4.98 Å². The molecule has 5 N–H and O–H groups in total. The van der Waals surface area contributed by atoms with Crippen molar-refractivity contribution >= 4 is 16.6 Å². The highest BCUT2D eigenvalue weighted by molar-refractivity contribution is 5.87. The van der Waals surface area contributed by atoms with Gasteiger partial charge in [-0.15, -0.1) is 0 Å². The molecular formula is C13H17N3O2. The number of aliphatic hydroxyl groups excluding tert-OH is 1. The van der Waals surface area contributed by atoms with Crippen LogP contribution in [0, 0.1) is 0 Å². The molecule has 0 saturated carbocycles. The molecule has 18 heavy (non-hydrogen) atoms. The molecule has 2 aromatic rings. The molecule has 0 spiro atoms. The predicted octanol–water partition coefficient (Wildman–Crippen LogP) is 0.905. The number of anilines is 1. The largest absolute Gasteiger partial charge is 0.491 e. The lowest BCUT2D eigenvalue weighted by Gasteiger charge is -2.22. The van der Waals surface area contributed by atoms with Gasteiger partial charge in [0, 0.05) is 17.3 Å². The molecule has 96 valence electrons. The van der Waals surface area contributed by atoms with E-state index in [0.29, 0.717) is 11.4 Å². The number of hydrogen-bond donors (Lipinski definition) is 3. The van der Waals surface area contributed by atoms with Crippen molar-refractivity contribution < 1.29 is 9.84 Å². The zero-order valence-electron chi connectivity index (χ0n) is 10.3. The van der Waals surface area contributed by atoms with Crippen molar-refractivity contribution in [1.29, 1.82) is 0 Å². The Bertz CT molecular complexity index is 555. The van der Waals surface area contributed by atoms with Crippen LogP contribution in [0.2, 0.25) is 0 Å². The van der Waals surface area contributed by atoms with Gasteiger partial charge in [0.25, 0.3) is 0 Å². The quantitative estimate of drug-likeness (QED) is 0.698. The Balaban J connectivity index is 2.30. The van der Waals surface area contributed by atoms with Crippen molar-refractivity contribution in [3.8, 4) is 5.75 Å². The van der Waals surface area contributed by atoms with Gasteiger partial charge in [-0.2, -0.15) is 0 Å². The van der Waals surface area contributed by atoms with E-state index in [2.05, 4.69) is 4.98 Å². The van der Waals surface area contributed by atoms with Crippen molar-refractivity contribution in [2.75, 3.05) is 18.9 Å². The monoisotopic (exact) mass is 247 g/mol. The van der Waals surface area contributed by atoms with Gasteiger partial charge in [0.15, 0.2) is 0 Å². The van der Waals surface area contributed by atoms with Crippen LogP contribution >= 0.6 is 0 Å². The van der Waals surface area contributed by atoms with Crippen LogP contribution in [-0.4, -0.2) is 28.8 Å². The average molecular weight is 247 g/mol. The third kappa shape index (κ3) is 2.69. The fraction of sp³-hybridized carbons (Fsp3) is 0.308. The Kier molecular flexibility index (Phi) is 3.36. The maximum Gasteiger partial charge on any atom is 0.130 e. The zero-order chi connectivity index (χ0) is 13.2. The van der Waals surface area contributed by atoms with Gasteiger partial charge >= 0.3 is 0 Å². The Morgan fingerprint density at radius 2 is 2.17 bits per heavy atom. The summed E-state index contributed by atoms with van der Waals surface area (Å²) in [5.74, 6) is 0.664. The molecule has 1 heterocycles. The molecule has 0 fully saturated rings. The summed E-state index contributed by atoms with van der Waals surface area (Å²) in [7, 11) is 0. The average Bonchev–Trinajstić information content (AvgIpc) is 2.36. The third-order valence-electron chi connectivity index (χ3n) is 2.64.